The molecule has 1 N–H and O–H groups in total. The minimum atomic E-state index is -1.84. The van der Waals surface area contributed by atoms with E-state index in [1.54, 1.807) is 47.5 Å². The van der Waals surface area contributed by atoms with Crippen molar-refractivity contribution in [2.24, 2.45) is 0 Å². The number of rotatable bonds is 9. The van der Waals surface area contributed by atoms with Crippen LogP contribution in [0.15, 0.2) is 91.3 Å². The number of aromatic nitrogens is 1. The largest absolute Gasteiger partial charge is 0.456 e. The van der Waals surface area contributed by atoms with E-state index in [1.165, 1.54) is 6.20 Å². The molecule has 206 valence electrons. The van der Waals surface area contributed by atoms with Crippen LogP contribution in [0.2, 0.25) is 5.02 Å². The monoisotopic (exact) mass is 558 g/mol. The van der Waals surface area contributed by atoms with Gasteiger partial charge in [-0.15, -0.1) is 0 Å². The van der Waals surface area contributed by atoms with Gasteiger partial charge < -0.3 is 24.6 Å². The Kier molecular flexibility index (Phi) is 8.60. The van der Waals surface area contributed by atoms with Crippen LogP contribution in [0.3, 0.4) is 0 Å². The summed E-state index contributed by atoms with van der Waals surface area (Å²) in [5, 5.41) is 5.61. The van der Waals surface area contributed by atoms with E-state index >= 15 is 0 Å². The number of amides is 2. The predicted octanol–water partition coefficient (Wildman–Crippen LogP) is 4.38. The maximum Gasteiger partial charge on any atom is 0.291 e. The van der Waals surface area contributed by atoms with Gasteiger partial charge in [0, 0.05) is 43.6 Å². The number of carbonyl (C=O) groups excluding carboxylic acids is 2. The minimum Gasteiger partial charge on any atom is -0.456 e. The molecule has 0 spiro atoms. The summed E-state index contributed by atoms with van der Waals surface area (Å²) in [6, 6.07) is 24.1. The van der Waals surface area contributed by atoms with Crippen LogP contribution in [-0.4, -0.2) is 72.2 Å². The van der Waals surface area contributed by atoms with Crippen molar-refractivity contribution in [3.63, 3.8) is 0 Å². The first-order valence-electron chi connectivity index (χ1n) is 13.1. The van der Waals surface area contributed by atoms with Gasteiger partial charge in [-0.25, -0.2) is 0 Å². The highest BCUT2D eigenvalue weighted by Gasteiger charge is 2.46. The summed E-state index contributed by atoms with van der Waals surface area (Å²) in [7, 11) is 2.01. The second kappa shape index (κ2) is 12.5. The van der Waals surface area contributed by atoms with E-state index in [4.69, 9.17) is 21.1 Å². The van der Waals surface area contributed by atoms with Gasteiger partial charge in [0.1, 0.15) is 12.4 Å². The van der Waals surface area contributed by atoms with E-state index in [9.17, 15) is 9.59 Å². The molecule has 0 saturated carbocycles. The van der Waals surface area contributed by atoms with Crippen molar-refractivity contribution in [2.45, 2.75) is 12.3 Å². The molecule has 9 heteroatoms. The molecule has 4 aromatic rings. The molecule has 1 aromatic heterocycles. The van der Waals surface area contributed by atoms with E-state index in [0.717, 1.165) is 16.3 Å². The fourth-order valence-corrected chi connectivity index (χ4v) is 4.74. The fourth-order valence-electron chi connectivity index (χ4n) is 4.61. The fraction of sp³-hybridized carbons (Fsp3) is 0.258. The highest BCUT2D eigenvalue weighted by Crippen LogP contribution is 2.24. The average Bonchev–Trinajstić information content (AvgIpc) is 2.98. The third kappa shape index (κ3) is 6.59. The van der Waals surface area contributed by atoms with Crippen LogP contribution >= 0.6 is 11.6 Å². The summed E-state index contributed by atoms with van der Waals surface area (Å²) >= 11 is 6.10. The average molecular weight is 559 g/mol. The van der Waals surface area contributed by atoms with Gasteiger partial charge >= 0.3 is 0 Å². The Hall–Kier alpha value is -3.98. The lowest BCUT2D eigenvalue weighted by Gasteiger charge is -2.40. The zero-order chi connectivity index (χ0) is 28.0. The number of benzene rings is 3. The number of nitrogens with one attached hydrogen (secondary N) is 1. The lowest BCUT2D eigenvalue weighted by Crippen LogP contribution is -2.67. The van der Waals surface area contributed by atoms with Crippen molar-refractivity contribution >= 4 is 34.2 Å². The Morgan fingerprint density at radius 3 is 2.42 bits per heavy atom. The first-order chi connectivity index (χ1) is 19.4. The molecular weight excluding hydrogens is 528 g/mol. The Bertz CT molecular complexity index is 1460. The van der Waals surface area contributed by atoms with E-state index in [-0.39, 0.29) is 19.1 Å². The smallest absolute Gasteiger partial charge is 0.291 e. The molecular formula is C31H31ClN4O4. The lowest BCUT2D eigenvalue weighted by molar-refractivity contribution is -0.159. The summed E-state index contributed by atoms with van der Waals surface area (Å²) in [6.45, 7) is 2.40. The molecule has 0 bridgehead atoms. The van der Waals surface area contributed by atoms with Crippen LogP contribution in [0.25, 0.3) is 10.8 Å². The van der Waals surface area contributed by atoms with Gasteiger partial charge in [-0.05, 0) is 65.8 Å². The summed E-state index contributed by atoms with van der Waals surface area (Å²) < 4.78 is 12.5. The van der Waals surface area contributed by atoms with Gasteiger partial charge in [-0.2, -0.15) is 0 Å². The third-order valence-electron chi connectivity index (χ3n) is 6.87. The molecule has 0 unspecified atom stereocenters. The van der Waals surface area contributed by atoms with E-state index in [2.05, 4.69) is 15.2 Å². The van der Waals surface area contributed by atoms with Crippen LogP contribution in [-0.2, 0) is 16.1 Å². The van der Waals surface area contributed by atoms with Gasteiger partial charge in [-0.3, -0.25) is 14.6 Å². The molecule has 1 aliphatic rings. The van der Waals surface area contributed by atoms with Crippen molar-refractivity contribution in [2.75, 3.05) is 39.8 Å². The molecule has 0 aliphatic carbocycles. The summed E-state index contributed by atoms with van der Waals surface area (Å²) in [6.07, 6.45) is 3.02. The van der Waals surface area contributed by atoms with Crippen LogP contribution < -0.4 is 10.1 Å². The van der Waals surface area contributed by atoms with E-state index in [0.29, 0.717) is 42.5 Å². The number of hydrogen-bond donors (Lipinski definition) is 1. The second-order valence-corrected chi connectivity index (χ2v) is 10.3. The standard InChI is InChI=1S/C31H31ClN4O4/c1-35-15-17-36(18-16-35)30(38)31(40-28-12-10-27(32)11-13-28,34-29(37)26-7-4-14-33-20-26)22-39-21-23-8-9-24-5-2-3-6-25(24)19-23/h2-14,19-20H,15-18,21-22H2,1H3,(H,34,37)/t31-/m1/s1. The van der Waals surface area contributed by atoms with Crippen molar-refractivity contribution in [1.82, 2.24) is 20.1 Å². The van der Waals surface area contributed by atoms with E-state index in [1.807, 2.05) is 49.5 Å². The minimum absolute atomic E-state index is 0.218. The number of ether oxygens (including phenoxy) is 2. The van der Waals surface area contributed by atoms with Gasteiger partial charge in [-0.1, -0.05) is 48.0 Å². The molecule has 3 aromatic carbocycles. The van der Waals surface area contributed by atoms with Crippen molar-refractivity contribution < 1.29 is 19.1 Å². The second-order valence-electron chi connectivity index (χ2n) is 9.85. The molecule has 2 heterocycles. The number of piperazine rings is 1. The van der Waals surface area contributed by atoms with Crippen molar-refractivity contribution in [3.05, 3.63) is 107 Å². The molecule has 1 saturated heterocycles. The Morgan fingerprint density at radius 2 is 1.70 bits per heavy atom. The molecule has 1 atom stereocenters. The number of pyridine rings is 1. The molecule has 40 heavy (non-hydrogen) atoms. The molecule has 8 nitrogen and oxygen atoms in total. The number of carbonyl (C=O) groups is 2. The maximum absolute atomic E-state index is 14.2. The third-order valence-corrected chi connectivity index (χ3v) is 7.12. The van der Waals surface area contributed by atoms with Crippen molar-refractivity contribution in [1.29, 1.82) is 0 Å². The quantitative estimate of drug-likeness (QED) is 0.307. The molecule has 0 radical (unpaired) electrons. The van der Waals surface area contributed by atoms with E-state index < -0.39 is 11.6 Å². The first-order valence-corrected chi connectivity index (χ1v) is 13.5. The number of likely N-dealkylation sites (N-methyl/N-ethyl adjacent to an activating group) is 1. The number of nitrogens with zero attached hydrogens (tertiary/aromatic N) is 3. The van der Waals surface area contributed by atoms with Gasteiger partial charge in [0.15, 0.2) is 0 Å². The SMILES string of the molecule is CN1CCN(C(=O)[C@](COCc2ccc3ccccc3c2)(NC(=O)c2cccnc2)Oc2ccc(Cl)cc2)CC1. The van der Waals surface area contributed by atoms with Crippen LogP contribution in [0.4, 0.5) is 0 Å². The Morgan fingerprint density at radius 1 is 0.950 bits per heavy atom. The Balaban J connectivity index is 1.46. The zero-order valence-electron chi connectivity index (χ0n) is 22.3. The molecule has 1 fully saturated rings. The zero-order valence-corrected chi connectivity index (χ0v) is 23.0. The normalized spacial score (nSPS) is 15.4. The highest BCUT2D eigenvalue weighted by atomic mass is 35.5. The number of hydrogen-bond acceptors (Lipinski definition) is 6. The van der Waals surface area contributed by atoms with Gasteiger partial charge in [0.25, 0.3) is 17.5 Å². The Labute approximate surface area is 238 Å². The molecule has 1 aliphatic heterocycles. The first kappa shape index (κ1) is 27.6. The maximum atomic E-state index is 14.2. The van der Waals surface area contributed by atoms with Crippen LogP contribution in [0, 0.1) is 0 Å². The van der Waals surface area contributed by atoms with Gasteiger partial charge in [0.05, 0.1) is 12.2 Å². The summed E-state index contributed by atoms with van der Waals surface area (Å²) in [5.74, 6) is -0.516. The topological polar surface area (TPSA) is 84.0 Å². The predicted molar refractivity (Wildman–Crippen MR) is 154 cm³/mol. The number of halogens is 1. The highest BCUT2D eigenvalue weighted by molar-refractivity contribution is 6.30. The number of fused-ring (bicyclic) bond motifs is 1. The molecule has 5 rings (SSSR count). The lowest BCUT2D eigenvalue weighted by atomic mass is 10.1. The van der Waals surface area contributed by atoms with Crippen LogP contribution in [0.1, 0.15) is 15.9 Å². The van der Waals surface area contributed by atoms with Gasteiger partial charge in [0.2, 0.25) is 0 Å². The summed E-state index contributed by atoms with van der Waals surface area (Å²) in [4.78, 5) is 35.6. The summed E-state index contributed by atoms with van der Waals surface area (Å²) in [5.41, 5.74) is -0.606. The van der Waals surface area contributed by atoms with Crippen LogP contribution in [0.5, 0.6) is 5.75 Å². The molecule has 2 amide bonds. The van der Waals surface area contributed by atoms with Crippen molar-refractivity contribution in [3.8, 4) is 5.75 Å².